The van der Waals surface area contributed by atoms with Crippen LogP contribution in [-0.2, 0) is 21.4 Å². The molecule has 0 aromatic heterocycles. The van der Waals surface area contributed by atoms with Crippen molar-refractivity contribution in [2.45, 2.75) is 31.2 Å². The summed E-state index contributed by atoms with van der Waals surface area (Å²) in [6, 6.07) is 6.43. The summed E-state index contributed by atoms with van der Waals surface area (Å²) in [4.78, 5) is 11.6. The second-order valence-electron chi connectivity index (χ2n) is 4.31. The fraction of sp³-hybridized carbons (Fsp3) is 0.462. The molecule has 0 spiro atoms. The number of carbonyl (C=O) groups is 1. The zero-order valence-corrected chi connectivity index (χ0v) is 13.6. The van der Waals surface area contributed by atoms with E-state index in [1.807, 2.05) is 0 Å². The number of hydrogen-bond donors (Lipinski definition) is 3. The van der Waals surface area contributed by atoms with Crippen LogP contribution in [0.5, 0.6) is 0 Å². The number of hydrogen-bond acceptors (Lipinski definition) is 4. The van der Waals surface area contributed by atoms with Gasteiger partial charge in [-0.1, -0.05) is 19.1 Å². The van der Waals surface area contributed by atoms with Crippen molar-refractivity contribution in [1.29, 1.82) is 0 Å². The van der Waals surface area contributed by atoms with Gasteiger partial charge >= 0.3 is 0 Å². The largest absolute Gasteiger partial charge is 0.352 e. The molecule has 0 atom stereocenters. The molecule has 1 aromatic rings. The highest BCUT2D eigenvalue weighted by molar-refractivity contribution is 7.89. The summed E-state index contributed by atoms with van der Waals surface area (Å²) in [6.45, 7) is 2.94. The van der Waals surface area contributed by atoms with E-state index in [-0.39, 0.29) is 23.2 Å². The third kappa shape index (κ3) is 6.90. The first-order valence-electron chi connectivity index (χ1n) is 6.55. The highest BCUT2D eigenvalue weighted by Crippen LogP contribution is 2.10. The molecule has 0 radical (unpaired) electrons. The standard InChI is InChI=1S/C13H21N3O3S.ClH/c1-2-16-20(18,19)12-7-5-11(6-8-12)10-15-13(17)4-3-9-14;/h5-8,16H,2-4,9-10,14H2,1H3,(H,15,17);1H. The average molecular weight is 336 g/mol. The summed E-state index contributed by atoms with van der Waals surface area (Å²) < 4.78 is 25.9. The summed E-state index contributed by atoms with van der Waals surface area (Å²) >= 11 is 0. The Hall–Kier alpha value is -1.15. The Morgan fingerprint density at radius 3 is 2.38 bits per heavy atom. The van der Waals surface area contributed by atoms with Crippen LogP contribution in [0.25, 0.3) is 0 Å². The molecule has 0 heterocycles. The second-order valence-corrected chi connectivity index (χ2v) is 6.08. The molecule has 0 fully saturated rings. The minimum absolute atomic E-state index is 0. The van der Waals surface area contributed by atoms with Gasteiger partial charge in [0.05, 0.1) is 4.90 Å². The zero-order valence-electron chi connectivity index (χ0n) is 12.0. The first-order valence-corrected chi connectivity index (χ1v) is 8.03. The molecule has 0 bridgehead atoms. The van der Waals surface area contributed by atoms with Gasteiger partial charge in [-0.3, -0.25) is 4.79 Å². The Bertz CT molecular complexity index is 532. The Labute approximate surface area is 132 Å². The van der Waals surface area contributed by atoms with Crippen LogP contribution in [-0.4, -0.2) is 27.4 Å². The van der Waals surface area contributed by atoms with Crippen LogP contribution in [0.3, 0.4) is 0 Å². The van der Waals surface area contributed by atoms with Gasteiger partial charge in [0.2, 0.25) is 15.9 Å². The Balaban J connectivity index is 0.00000400. The average Bonchev–Trinajstić information content (AvgIpc) is 2.43. The molecule has 120 valence electrons. The number of carbonyl (C=O) groups excluding carboxylic acids is 1. The van der Waals surface area contributed by atoms with Gasteiger partial charge in [-0.05, 0) is 30.7 Å². The molecular formula is C13H22ClN3O3S. The Kier molecular flexibility index (Phi) is 9.19. The number of nitrogens with one attached hydrogen (secondary N) is 2. The summed E-state index contributed by atoms with van der Waals surface area (Å²) in [6.07, 6.45) is 1.06. The predicted octanol–water partition coefficient (Wildman–Crippen LogP) is 0.762. The van der Waals surface area contributed by atoms with Crippen LogP contribution in [0.15, 0.2) is 29.2 Å². The SMILES string of the molecule is CCNS(=O)(=O)c1ccc(CNC(=O)CCCN)cc1.Cl. The molecule has 6 nitrogen and oxygen atoms in total. The highest BCUT2D eigenvalue weighted by atomic mass is 35.5. The van der Waals surface area contributed by atoms with E-state index in [0.29, 0.717) is 32.5 Å². The van der Waals surface area contributed by atoms with Gasteiger partial charge in [0, 0.05) is 19.5 Å². The van der Waals surface area contributed by atoms with E-state index in [9.17, 15) is 13.2 Å². The molecule has 1 aromatic carbocycles. The van der Waals surface area contributed by atoms with E-state index in [2.05, 4.69) is 10.0 Å². The molecule has 0 saturated carbocycles. The van der Waals surface area contributed by atoms with Crippen LogP contribution in [0.4, 0.5) is 0 Å². The van der Waals surface area contributed by atoms with Crippen molar-refractivity contribution in [2.24, 2.45) is 5.73 Å². The van der Waals surface area contributed by atoms with Crippen LogP contribution in [0.2, 0.25) is 0 Å². The number of rotatable bonds is 8. The first-order chi connectivity index (χ1) is 9.49. The van der Waals surface area contributed by atoms with Crippen molar-refractivity contribution in [1.82, 2.24) is 10.0 Å². The molecule has 21 heavy (non-hydrogen) atoms. The lowest BCUT2D eigenvalue weighted by atomic mass is 10.2. The van der Waals surface area contributed by atoms with Crippen molar-refractivity contribution in [3.63, 3.8) is 0 Å². The molecule has 0 aliphatic rings. The van der Waals surface area contributed by atoms with Gasteiger partial charge < -0.3 is 11.1 Å². The maximum absolute atomic E-state index is 11.7. The zero-order chi connectivity index (χ0) is 15.0. The van der Waals surface area contributed by atoms with E-state index in [0.717, 1.165) is 5.56 Å². The van der Waals surface area contributed by atoms with Crippen LogP contribution >= 0.6 is 12.4 Å². The Morgan fingerprint density at radius 1 is 1.24 bits per heavy atom. The third-order valence-corrected chi connectivity index (χ3v) is 4.23. The maximum Gasteiger partial charge on any atom is 0.240 e. The summed E-state index contributed by atoms with van der Waals surface area (Å²) in [7, 11) is -3.42. The van der Waals surface area contributed by atoms with Crippen molar-refractivity contribution >= 4 is 28.3 Å². The quantitative estimate of drug-likeness (QED) is 0.652. The molecule has 4 N–H and O–H groups in total. The number of nitrogens with two attached hydrogens (primary N) is 1. The fourth-order valence-corrected chi connectivity index (χ4v) is 2.65. The van der Waals surface area contributed by atoms with E-state index < -0.39 is 10.0 Å². The minimum atomic E-state index is -3.42. The van der Waals surface area contributed by atoms with Gasteiger partial charge in [-0.25, -0.2) is 13.1 Å². The topological polar surface area (TPSA) is 101 Å². The first kappa shape index (κ1) is 19.9. The summed E-state index contributed by atoms with van der Waals surface area (Å²) in [5.41, 5.74) is 6.17. The van der Waals surface area contributed by atoms with Gasteiger partial charge in [-0.15, -0.1) is 12.4 Å². The summed E-state index contributed by atoms with van der Waals surface area (Å²) in [5, 5.41) is 2.76. The lowest BCUT2D eigenvalue weighted by molar-refractivity contribution is -0.121. The van der Waals surface area contributed by atoms with Crippen molar-refractivity contribution < 1.29 is 13.2 Å². The lowest BCUT2D eigenvalue weighted by Crippen LogP contribution is -2.24. The van der Waals surface area contributed by atoms with Gasteiger partial charge in [0.25, 0.3) is 0 Å². The minimum Gasteiger partial charge on any atom is -0.352 e. The maximum atomic E-state index is 11.7. The lowest BCUT2D eigenvalue weighted by Gasteiger charge is -2.07. The van der Waals surface area contributed by atoms with Gasteiger partial charge in [0.15, 0.2) is 0 Å². The van der Waals surface area contributed by atoms with Crippen molar-refractivity contribution in [3.8, 4) is 0 Å². The Morgan fingerprint density at radius 2 is 1.86 bits per heavy atom. The second kappa shape index (κ2) is 9.73. The van der Waals surface area contributed by atoms with Crippen LogP contribution in [0, 0.1) is 0 Å². The predicted molar refractivity (Wildman–Crippen MR) is 84.7 cm³/mol. The molecular weight excluding hydrogens is 314 g/mol. The molecule has 0 saturated heterocycles. The molecule has 0 aliphatic heterocycles. The smallest absolute Gasteiger partial charge is 0.240 e. The number of halogens is 1. The van der Waals surface area contributed by atoms with E-state index in [4.69, 9.17) is 5.73 Å². The molecule has 0 unspecified atom stereocenters. The normalized spacial score (nSPS) is 10.8. The van der Waals surface area contributed by atoms with E-state index >= 15 is 0 Å². The number of benzene rings is 1. The molecule has 1 rings (SSSR count). The summed E-state index contributed by atoms with van der Waals surface area (Å²) in [5.74, 6) is -0.0557. The van der Waals surface area contributed by atoms with E-state index in [1.165, 1.54) is 12.1 Å². The van der Waals surface area contributed by atoms with Crippen LogP contribution < -0.4 is 15.8 Å². The van der Waals surface area contributed by atoms with E-state index in [1.54, 1.807) is 19.1 Å². The molecule has 1 amide bonds. The number of amides is 1. The fourth-order valence-electron chi connectivity index (χ4n) is 1.61. The van der Waals surface area contributed by atoms with Gasteiger partial charge in [0.1, 0.15) is 0 Å². The van der Waals surface area contributed by atoms with Gasteiger partial charge in [-0.2, -0.15) is 0 Å². The monoisotopic (exact) mass is 335 g/mol. The van der Waals surface area contributed by atoms with Crippen molar-refractivity contribution in [2.75, 3.05) is 13.1 Å². The molecule has 8 heteroatoms. The number of sulfonamides is 1. The van der Waals surface area contributed by atoms with Crippen molar-refractivity contribution in [3.05, 3.63) is 29.8 Å². The third-order valence-electron chi connectivity index (χ3n) is 2.67. The highest BCUT2D eigenvalue weighted by Gasteiger charge is 2.11. The van der Waals surface area contributed by atoms with Crippen LogP contribution in [0.1, 0.15) is 25.3 Å². The molecule has 0 aliphatic carbocycles.